The minimum absolute atomic E-state index is 0.0247. The summed E-state index contributed by atoms with van der Waals surface area (Å²) in [6.07, 6.45) is 1.72. The van der Waals surface area contributed by atoms with E-state index >= 15 is 0 Å². The zero-order valence-electron chi connectivity index (χ0n) is 14.1. The maximum atomic E-state index is 12.2. The number of carbonyl (C=O) groups excluding carboxylic acids is 2. The molecule has 1 atom stereocenters. The van der Waals surface area contributed by atoms with Gasteiger partial charge in [-0.15, -0.1) is 0 Å². The Morgan fingerprint density at radius 1 is 0.840 bits per heavy atom. The van der Waals surface area contributed by atoms with Crippen molar-refractivity contribution in [2.45, 2.75) is 25.4 Å². The highest BCUT2D eigenvalue weighted by Crippen LogP contribution is 2.11. The molecule has 0 saturated carbocycles. The molecule has 0 bridgehead atoms. The lowest BCUT2D eigenvalue weighted by molar-refractivity contribution is -0.00333. The van der Waals surface area contributed by atoms with Crippen LogP contribution >= 0.6 is 0 Å². The molecule has 25 heavy (non-hydrogen) atoms. The van der Waals surface area contributed by atoms with Crippen molar-refractivity contribution < 1.29 is 19.1 Å². The molecule has 0 aliphatic heterocycles. The van der Waals surface area contributed by atoms with Gasteiger partial charge >= 0.3 is 11.9 Å². The molecular formula is C20H23NO4. The standard InChI is InChI=1S/C20H23NO4/c21-14-8-7-13-18(25-20(23)17-11-5-2-6-12-17)15-24-19(22)16-9-3-1-4-10-16/h1-6,9-12,18H,7-8,13-15,21H2. The highest BCUT2D eigenvalue weighted by molar-refractivity contribution is 5.90. The van der Waals surface area contributed by atoms with E-state index in [1.165, 1.54) is 0 Å². The first-order valence-corrected chi connectivity index (χ1v) is 8.39. The highest BCUT2D eigenvalue weighted by Gasteiger charge is 2.18. The van der Waals surface area contributed by atoms with Crippen LogP contribution in [0.3, 0.4) is 0 Å². The summed E-state index contributed by atoms with van der Waals surface area (Å²) in [6.45, 7) is 0.597. The fourth-order valence-electron chi connectivity index (χ4n) is 2.31. The van der Waals surface area contributed by atoms with Crippen molar-refractivity contribution in [2.75, 3.05) is 13.2 Å². The van der Waals surface area contributed by atoms with Crippen LogP contribution in [0.1, 0.15) is 40.0 Å². The van der Waals surface area contributed by atoms with Crippen LogP contribution in [0, 0.1) is 0 Å². The smallest absolute Gasteiger partial charge is 0.338 e. The summed E-state index contributed by atoms with van der Waals surface area (Å²) in [5, 5.41) is 0. The Labute approximate surface area is 147 Å². The topological polar surface area (TPSA) is 78.6 Å². The maximum Gasteiger partial charge on any atom is 0.338 e. The zero-order chi connectivity index (χ0) is 17.9. The lowest BCUT2D eigenvalue weighted by Gasteiger charge is -2.18. The second-order valence-corrected chi connectivity index (χ2v) is 5.64. The Balaban J connectivity index is 1.93. The summed E-state index contributed by atoms with van der Waals surface area (Å²) in [6, 6.07) is 17.5. The van der Waals surface area contributed by atoms with Crippen molar-refractivity contribution in [2.24, 2.45) is 5.73 Å². The van der Waals surface area contributed by atoms with Crippen molar-refractivity contribution in [1.29, 1.82) is 0 Å². The summed E-state index contributed by atoms with van der Waals surface area (Å²) in [7, 11) is 0. The monoisotopic (exact) mass is 341 g/mol. The molecule has 5 heteroatoms. The molecule has 5 nitrogen and oxygen atoms in total. The lowest BCUT2D eigenvalue weighted by atomic mass is 10.1. The first kappa shape index (κ1) is 18.7. The van der Waals surface area contributed by atoms with Gasteiger partial charge in [0.05, 0.1) is 11.1 Å². The third kappa shape index (κ3) is 6.39. The van der Waals surface area contributed by atoms with E-state index in [-0.39, 0.29) is 6.61 Å². The van der Waals surface area contributed by atoms with E-state index in [2.05, 4.69) is 0 Å². The van der Waals surface area contributed by atoms with Crippen LogP contribution in [0.4, 0.5) is 0 Å². The largest absolute Gasteiger partial charge is 0.458 e. The maximum absolute atomic E-state index is 12.2. The highest BCUT2D eigenvalue weighted by atomic mass is 16.6. The van der Waals surface area contributed by atoms with Crippen molar-refractivity contribution in [3.05, 3.63) is 71.8 Å². The van der Waals surface area contributed by atoms with Crippen molar-refractivity contribution in [3.8, 4) is 0 Å². The number of hydrogen-bond donors (Lipinski definition) is 1. The number of ether oxygens (including phenoxy) is 2. The summed E-state index contributed by atoms with van der Waals surface area (Å²) in [5.74, 6) is -0.853. The first-order chi connectivity index (χ1) is 12.2. The van der Waals surface area contributed by atoms with E-state index < -0.39 is 18.0 Å². The summed E-state index contributed by atoms with van der Waals surface area (Å²) in [4.78, 5) is 24.3. The Kier molecular flexibility index (Phi) is 7.66. The third-order valence-electron chi connectivity index (χ3n) is 3.67. The molecule has 0 spiro atoms. The fourth-order valence-corrected chi connectivity index (χ4v) is 2.31. The zero-order valence-corrected chi connectivity index (χ0v) is 14.1. The Morgan fingerprint density at radius 3 is 1.96 bits per heavy atom. The van der Waals surface area contributed by atoms with E-state index in [1.54, 1.807) is 48.5 Å². The molecule has 0 fully saturated rings. The van der Waals surface area contributed by atoms with E-state index in [9.17, 15) is 9.59 Å². The Morgan fingerprint density at radius 2 is 1.40 bits per heavy atom. The molecule has 1 unspecified atom stereocenters. The molecule has 2 aromatic rings. The van der Waals surface area contributed by atoms with Gasteiger partial charge in [0.15, 0.2) is 0 Å². The van der Waals surface area contributed by atoms with E-state index in [0.29, 0.717) is 24.1 Å². The van der Waals surface area contributed by atoms with Gasteiger partial charge in [0.1, 0.15) is 12.7 Å². The minimum Gasteiger partial charge on any atom is -0.458 e. The molecule has 0 aromatic heterocycles. The van der Waals surface area contributed by atoms with Crippen molar-refractivity contribution in [1.82, 2.24) is 0 Å². The SMILES string of the molecule is NCCCCC(COC(=O)c1ccccc1)OC(=O)c1ccccc1. The van der Waals surface area contributed by atoms with Gasteiger partial charge in [0.2, 0.25) is 0 Å². The van der Waals surface area contributed by atoms with Crippen LogP contribution < -0.4 is 5.73 Å². The van der Waals surface area contributed by atoms with Gasteiger partial charge in [-0.3, -0.25) is 0 Å². The van der Waals surface area contributed by atoms with Crippen LogP contribution in [-0.4, -0.2) is 31.2 Å². The number of hydrogen-bond acceptors (Lipinski definition) is 5. The number of nitrogens with two attached hydrogens (primary N) is 1. The normalized spacial score (nSPS) is 11.6. The van der Waals surface area contributed by atoms with Crippen LogP contribution in [-0.2, 0) is 9.47 Å². The predicted molar refractivity (Wildman–Crippen MR) is 95.3 cm³/mol. The van der Waals surface area contributed by atoms with Crippen LogP contribution in [0.25, 0.3) is 0 Å². The van der Waals surface area contributed by atoms with Gasteiger partial charge < -0.3 is 15.2 Å². The average Bonchev–Trinajstić information content (AvgIpc) is 2.67. The minimum atomic E-state index is -0.494. The summed E-state index contributed by atoms with van der Waals surface area (Å²) in [5.41, 5.74) is 6.45. The van der Waals surface area contributed by atoms with Gasteiger partial charge in [0.25, 0.3) is 0 Å². The van der Waals surface area contributed by atoms with Crippen molar-refractivity contribution >= 4 is 11.9 Å². The number of unbranched alkanes of at least 4 members (excludes halogenated alkanes) is 1. The van der Waals surface area contributed by atoms with Gasteiger partial charge in [0, 0.05) is 0 Å². The van der Waals surface area contributed by atoms with Crippen LogP contribution in [0.5, 0.6) is 0 Å². The summed E-state index contributed by atoms with van der Waals surface area (Å²) >= 11 is 0. The quantitative estimate of drug-likeness (QED) is 0.560. The van der Waals surface area contributed by atoms with Gasteiger partial charge in [-0.05, 0) is 50.1 Å². The number of carbonyl (C=O) groups is 2. The first-order valence-electron chi connectivity index (χ1n) is 8.39. The Hall–Kier alpha value is -2.66. The van der Waals surface area contributed by atoms with E-state index in [4.69, 9.17) is 15.2 Å². The molecule has 0 saturated heterocycles. The van der Waals surface area contributed by atoms with E-state index in [1.807, 2.05) is 12.1 Å². The average molecular weight is 341 g/mol. The second kappa shape index (κ2) is 10.3. The molecule has 132 valence electrons. The lowest BCUT2D eigenvalue weighted by Crippen LogP contribution is -2.25. The fraction of sp³-hybridized carbons (Fsp3) is 0.300. The van der Waals surface area contributed by atoms with Crippen LogP contribution in [0.2, 0.25) is 0 Å². The van der Waals surface area contributed by atoms with Crippen LogP contribution in [0.15, 0.2) is 60.7 Å². The molecule has 2 N–H and O–H groups in total. The van der Waals surface area contributed by atoms with Gasteiger partial charge in [-0.25, -0.2) is 9.59 Å². The molecule has 0 heterocycles. The third-order valence-corrected chi connectivity index (χ3v) is 3.67. The molecule has 2 aromatic carbocycles. The summed E-state index contributed by atoms with van der Waals surface area (Å²) < 4.78 is 10.8. The van der Waals surface area contributed by atoms with E-state index in [0.717, 1.165) is 12.8 Å². The molecule has 2 rings (SSSR count). The Bertz CT molecular complexity index is 658. The predicted octanol–water partition coefficient (Wildman–Crippen LogP) is 3.20. The van der Waals surface area contributed by atoms with Gasteiger partial charge in [-0.1, -0.05) is 36.4 Å². The molecule has 0 amide bonds. The number of rotatable bonds is 9. The molecular weight excluding hydrogens is 318 g/mol. The molecule has 0 radical (unpaired) electrons. The number of esters is 2. The van der Waals surface area contributed by atoms with Crippen molar-refractivity contribution in [3.63, 3.8) is 0 Å². The second-order valence-electron chi connectivity index (χ2n) is 5.64. The molecule has 0 aliphatic carbocycles. The number of benzene rings is 2. The van der Waals surface area contributed by atoms with Gasteiger partial charge in [-0.2, -0.15) is 0 Å². The molecule has 0 aliphatic rings.